The summed E-state index contributed by atoms with van der Waals surface area (Å²) in [6, 6.07) is 14.0. The second-order valence-electron chi connectivity index (χ2n) is 4.69. The first kappa shape index (κ1) is 14.6. The highest BCUT2D eigenvalue weighted by molar-refractivity contribution is 9.10. The summed E-state index contributed by atoms with van der Waals surface area (Å²) in [5.74, 6) is -0.0550. The highest BCUT2D eigenvalue weighted by Crippen LogP contribution is 2.21. The Morgan fingerprint density at radius 1 is 1.15 bits per heavy atom. The number of anilines is 2. The van der Waals surface area contributed by atoms with Gasteiger partial charge < -0.3 is 10.6 Å². The van der Waals surface area contributed by atoms with E-state index in [2.05, 4.69) is 45.6 Å². The van der Waals surface area contributed by atoms with Crippen LogP contribution in [0.15, 0.2) is 46.9 Å². The molecule has 0 heterocycles. The lowest BCUT2D eigenvalue weighted by Crippen LogP contribution is -2.06. The first-order valence-electron chi connectivity index (χ1n) is 6.41. The van der Waals surface area contributed by atoms with E-state index in [0.29, 0.717) is 0 Å². The molecule has 3 nitrogen and oxygen atoms in total. The zero-order valence-electron chi connectivity index (χ0n) is 11.5. The molecule has 0 unspecified atom stereocenters. The van der Waals surface area contributed by atoms with Gasteiger partial charge in [-0.25, -0.2) is 0 Å². The van der Waals surface area contributed by atoms with Gasteiger partial charge in [0.15, 0.2) is 0 Å². The lowest BCUT2D eigenvalue weighted by molar-refractivity contribution is -0.114. The maximum Gasteiger partial charge on any atom is 0.221 e. The van der Waals surface area contributed by atoms with Gasteiger partial charge in [-0.15, -0.1) is 0 Å². The SMILES string of the molecule is CC(=O)Nc1ccc(CNc2cc(Br)ccc2C)cc1. The Labute approximate surface area is 127 Å². The maximum atomic E-state index is 11.0. The second kappa shape index (κ2) is 6.57. The van der Waals surface area contributed by atoms with Crippen molar-refractivity contribution < 1.29 is 4.79 Å². The van der Waals surface area contributed by atoms with Gasteiger partial charge in [0.25, 0.3) is 0 Å². The molecule has 0 bridgehead atoms. The van der Waals surface area contributed by atoms with Gasteiger partial charge in [-0.05, 0) is 42.3 Å². The number of benzene rings is 2. The van der Waals surface area contributed by atoms with Gasteiger partial charge in [0.2, 0.25) is 5.91 Å². The molecule has 0 fully saturated rings. The number of amides is 1. The zero-order valence-corrected chi connectivity index (χ0v) is 13.1. The lowest BCUT2D eigenvalue weighted by Gasteiger charge is -2.10. The third-order valence-electron chi connectivity index (χ3n) is 2.96. The number of nitrogens with one attached hydrogen (secondary N) is 2. The molecule has 0 saturated carbocycles. The monoisotopic (exact) mass is 332 g/mol. The molecule has 104 valence electrons. The van der Waals surface area contributed by atoms with Crippen molar-refractivity contribution in [2.24, 2.45) is 0 Å². The zero-order chi connectivity index (χ0) is 14.5. The highest BCUT2D eigenvalue weighted by Gasteiger charge is 2.00. The number of halogens is 1. The van der Waals surface area contributed by atoms with E-state index < -0.39 is 0 Å². The fourth-order valence-electron chi connectivity index (χ4n) is 1.89. The molecule has 2 N–H and O–H groups in total. The van der Waals surface area contributed by atoms with Crippen LogP contribution in [0, 0.1) is 6.92 Å². The maximum absolute atomic E-state index is 11.0. The molecule has 0 atom stereocenters. The van der Waals surface area contributed by atoms with Crippen molar-refractivity contribution >= 4 is 33.2 Å². The average molecular weight is 333 g/mol. The Bertz CT molecular complexity index is 608. The molecule has 20 heavy (non-hydrogen) atoms. The van der Waals surface area contributed by atoms with E-state index in [0.717, 1.165) is 22.4 Å². The number of hydrogen-bond acceptors (Lipinski definition) is 2. The van der Waals surface area contributed by atoms with E-state index in [1.165, 1.54) is 18.1 Å². The molecule has 2 aromatic carbocycles. The average Bonchev–Trinajstić information content (AvgIpc) is 2.41. The lowest BCUT2D eigenvalue weighted by atomic mass is 10.1. The molecule has 0 aliphatic carbocycles. The molecule has 2 rings (SSSR count). The van der Waals surface area contributed by atoms with E-state index in [1.54, 1.807) is 0 Å². The fraction of sp³-hybridized carbons (Fsp3) is 0.188. The minimum Gasteiger partial charge on any atom is -0.381 e. The summed E-state index contributed by atoms with van der Waals surface area (Å²) in [6.45, 7) is 4.33. The number of carbonyl (C=O) groups excluding carboxylic acids is 1. The molecule has 0 aromatic heterocycles. The second-order valence-corrected chi connectivity index (χ2v) is 5.61. The molecular formula is C16H17BrN2O. The van der Waals surface area contributed by atoms with Gasteiger partial charge in [-0.3, -0.25) is 4.79 Å². The summed E-state index contributed by atoms with van der Waals surface area (Å²) in [4.78, 5) is 11.0. The van der Waals surface area contributed by atoms with Crippen LogP contribution >= 0.6 is 15.9 Å². The van der Waals surface area contributed by atoms with Crippen LogP contribution in [0.25, 0.3) is 0 Å². The molecule has 0 saturated heterocycles. The van der Waals surface area contributed by atoms with Crippen molar-refractivity contribution in [2.45, 2.75) is 20.4 Å². The minimum atomic E-state index is -0.0550. The molecule has 1 amide bonds. The van der Waals surface area contributed by atoms with Crippen molar-refractivity contribution in [3.05, 3.63) is 58.1 Å². The molecule has 0 spiro atoms. The Morgan fingerprint density at radius 2 is 1.85 bits per heavy atom. The van der Waals surface area contributed by atoms with E-state index in [4.69, 9.17) is 0 Å². The molecule has 2 aromatic rings. The van der Waals surface area contributed by atoms with Crippen LogP contribution in [0.3, 0.4) is 0 Å². The third-order valence-corrected chi connectivity index (χ3v) is 3.45. The molecule has 4 heteroatoms. The number of rotatable bonds is 4. The summed E-state index contributed by atoms with van der Waals surface area (Å²) in [6.07, 6.45) is 0. The standard InChI is InChI=1S/C16H17BrN2O/c1-11-3-6-14(17)9-16(11)18-10-13-4-7-15(8-5-13)19-12(2)20/h3-9,18H,10H2,1-2H3,(H,19,20). The largest absolute Gasteiger partial charge is 0.381 e. The van der Waals surface area contributed by atoms with Crippen molar-refractivity contribution in [1.29, 1.82) is 0 Å². The normalized spacial score (nSPS) is 10.2. The smallest absolute Gasteiger partial charge is 0.221 e. The van der Waals surface area contributed by atoms with Crippen LogP contribution in [0.2, 0.25) is 0 Å². The van der Waals surface area contributed by atoms with E-state index in [1.807, 2.05) is 30.3 Å². The van der Waals surface area contributed by atoms with Crippen LogP contribution < -0.4 is 10.6 Å². The summed E-state index contributed by atoms with van der Waals surface area (Å²) >= 11 is 3.47. The van der Waals surface area contributed by atoms with Crippen LogP contribution in [0.1, 0.15) is 18.1 Å². The first-order chi connectivity index (χ1) is 9.54. The first-order valence-corrected chi connectivity index (χ1v) is 7.20. The van der Waals surface area contributed by atoms with Gasteiger partial charge in [0, 0.05) is 29.3 Å². The predicted octanol–water partition coefficient (Wildman–Crippen LogP) is 4.33. The summed E-state index contributed by atoms with van der Waals surface area (Å²) in [5.41, 5.74) is 4.31. The van der Waals surface area contributed by atoms with Crippen LogP contribution in [-0.2, 0) is 11.3 Å². The topological polar surface area (TPSA) is 41.1 Å². The van der Waals surface area contributed by atoms with Crippen molar-refractivity contribution in [2.75, 3.05) is 10.6 Å². The van der Waals surface area contributed by atoms with Gasteiger partial charge in [0.05, 0.1) is 0 Å². The highest BCUT2D eigenvalue weighted by atomic mass is 79.9. The number of aryl methyl sites for hydroxylation is 1. The quantitative estimate of drug-likeness (QED) is 0.874. The van der Waals surface area contributed by atoms with E-state index in [9.17, 15) is 4.79 Å². The van der Waals surface area contributed by atoms with Crippen LogP contribution in [-0.4, -0.2) is 5.91 Å². The van der Waals surface area contributed by atoms with Crippen LogP contribution in [0.5, 0.6) is 0 Å². The summed E-state index contributed by atoms with van der Waals surface area (Å²) in [5, 5.41) is 6.17. The molecule has 0 radical (unpaired) electrons. The molecule has 0 aliphatic heterocycles. The Balaban J connectivity index is 2.00. The van der Waals surface area contributed by atoms with Gasteiger partial charge in [-0.2, -0.15) is 0 Å². The Morgan fingerprint density at radius 3 is 2.50 bits per heavy atom. The molecule has 0 aliphatic rings. The summed E-state index contributed by atoms with van der Waals surface area (Å²) in [7, 11) is 0. The number of carbonyl (C=O) groups is 1. The number of hydrogen-bond donors (Lipinski definition) is 2. The fourth-order valence-corrected chi connectivity index (χ4v) is 2.25. The van der Waals surface area contributed by atoms with Gasteiger partial charge in [-0.1, -0.05) is 34.1 Å². The van der Waals surface area contributed by atoms with Gasteiger partial charge >= 0.3 is 0 Å². The predicted molar refractivity (Wildman–Crippen MR) is 87.0 cm³/mol. The van der Waals surface area contributed by atoms with Crippen molar-refractivity contribution in [3.63, 3.8) is 0 Å². The summed E-state index contributed by atoms with van der Waals surface area (Å²) < 4.78 is 1.06. The minimum absolute atomic E-state index is 0.0550. The van der Waals surface area contributed by atoms with Gasteiger partial charge in [0.1, 0.15) is 0 Å². The Kier molecular flexibility index (Phi) is 4.79. The van der Waals surface area contributed by atoms with Crippen LogP contribution in [0.4, 0.5) is 11.4 Å². The van der Waals surface area contributed by atoms with E-state index in [-0.39, 0.29) is 5.91 Å². The van der Waals surface area contributed by atoms with E-state index >= 15 is 0 Å². The third kappa shape index (κ3) is 4.10. The van der Waals surface area contributed by atoms with Crippen molar-refractivity contribution in [1.82, 2.24) is 0 Å². The van der Waals surface area contributed by atoms with Crippen molar-refractivity contribution in [3.8, 4) is 0 Å². The molecular weight excluding hydrogens is 316 g/mol. The Hall–Kier alpha value is -1.81.